The Morgan fingerprint density at radius 2 is 2.55 bits per heavy atom. The maximum atomic E-state index is 8.67. The molecule has 5 heteroatoms. The molecule has 0 saturated carbocycles. The Balaban J connectivity index is 2.89. The molecule has 0 atom stereocenters. The summed E-state index contributed by atoms with van der Waals surface area (Å²) in [7, 11) is 0. The monoisotopic (exact) mass is 172 g/mol. The minimum absolute atomic E-state index is 0.0175. The van der Waals surface area contributed by atoms with Crippen LogP contribution in [0.2, 0.25) is 0 Å². The number of hydrogen-bond donors (Lipinski definition) is 2. The molecule has 0 aliphatic heterocycles. The lowest BCUT2D eigenvalue weighted by Gasteiger charge is -1.87. The largest absolute Gasteiger partial charge is 0.411 e. The van der Waals surface area contributed by atoms with Gasteiger partial charge in [-0.2, -0.15) is 0 Å². The Kier molecular flexibility index (Phi) is 2.56. The molecule has 0 unspecified atom stereocenters. The van der Waals surface area contributed by atoms with Gasteiger partial charge in [-0.1, -0.05) is 5.16 Å². The molecule has 4 nitrogen and oxygen atoms in total. The molecule has 11 heavy (non-hydrogen) atoms. The third kappa shape index (κ3) is 1.75. The van der Waals surface area contributed by atoms with Crippen LogP contribution < -0.4 is 0 Å². The highest BCUT2D eigenvalue weighted by Gasteiger charge is 2.03. The molecule has 0 fully saturated rings. The predicted octanol–water partition coefficient (Wildman–Crippen LogP) is 0.834. The molecular weight excluding hydrogens is 164 g/mol. The second-order valence-electron chi connectivity index (χ2n) is 1.98. The van der Waals surface area contributed by atoms with Crippen molar-refractivity contribution in [3.8, 4) is 0 Å². The van der Waals surface area contributed by atoms with Crippen molar-refractivity contribution in [3.05, 3.63) is 16.1 Å². The number of rotatable bonds is 2. The molecule has 0 radical (unpaired) electrons. The van der Waals surface area contributed by atoms with E-state index < -0.39 is 0 Å². The summed E-state index contributed by atoms with van der Waals surface area (Å²) >= 11 is 1.31. The molecule has 1 heterocycles. The van der Waals surface area contributed by atoms with Crippen molar-refractivity contribution in [1.29, 1.82) is 0 Å². The number of thiazole rings is 1. The van der Waals surface area contributed by atoms with Gasteiger partial charge in [0.25, 0.3) is 0 Å². The van der Waals surface area contributed by atoms with E-state index in [4.69, 9.17) is 10.3 Å². The summed E-state index contributed by atoms with van der Waals surface area (Å²) in [4.78, 5) is 4.69. The van der Waals surface area contributed by atoms with Crippen molar-refractivity contribution >= 4 is 17.0 Å². The van der Waals surface area contributed by atoms with E-state index in [9.17, 15) is 0 Å². The van der Waals surface area contributed by atoms with Crippen LogP contribution in [0, 0.1) is 0 Å². The van der Waals surface area contributed by atoms with Gasteiger partial charge in [0.15, 0.2) is 0 Å². The summed E-state index contributed by atoms with van der Waals surface area (Å²) in [5.74, 6) is 0. The summed E-state index contributed by atoms with van der Waals surface area (Å²) in [5, 5.41) is 20.7. The van der Waals surface area contributed by atoms with E-state index in [-0.39, 0.29) is 6.61 Å². The van der Waals surface area contributed by atoms with Crippen molar-refractivity contribution in [3.63, 3.8) is 0 Å². The number of aromatic nitrogens is 1. The van der Waals surface area contributed by atoms with Crippen molar-refractivity contribution in [2.45, 2.75) is 13.5 Å². The zero-order valence-corrected chi connectivity index (χ0v) is 6.80. The molecule has 0 bridgehead atoms. The number of hydrogen-bond acceptors (Lipinski definition) is 5. The number of nitrogens with zero attached hydrogens (tertiary/aromatic N) is 2. The molecule has 2 N–H and O–H groups in total. The Bertz CT molecular complexity index is 269. The van der Waals surface area contributed by atoms with Crippen LogP contribution in [0.4, 0.5) is 0 Å². The molecule has 60 valence electrons. The van der Waals surface area contributed by atoms with E-state index in [0.717, 1.165) is 4.88 Å². The van der Waals surface area contributed by atoms with E-state index in [1.165, 1.54) is 11.3 Å². The fraction of sp³-hybridized carbons (Fsp3) is 0.333. The first-order valence-electron chi connectivity index (χ1n) is 3.02. The van der Waals surface area contributed by atoms with Crippen LogP contribution in [0.1, 0.15) is 16.8 Å². The summed E-state index contributed by atoms with van der Waals surface area (Å²) in [6.07, 6.45) is 1.56. The molecule has 0 aliphatic carbocycles. The van der Waals surface area contributed by atoms with Crippen LogP contribution in [0.5, 0.6) is 0 Å². The van der Waals surface area contributed by atoms with Crippen molar-refractivity contribution in [2.75, 3.05) is 0 Å². The van der Waals surface area contributed by atoms with Gasteiger partial charge in [-0.25, -0.2) is 4.98 Å². The fourth-order valence-electron chi connectivity index (χ4n) is 0.591. The zero-order valence-electron chi connectivity index (χ0n) is 5.98. The lowest BCUT2D eigenvalue weighted by molar-refractivity contribution is 0.285. The van der Waals surface area contributed by atoms with Crippen LogP contribution in [-0.2, 0) is 6.61 Å². The maximum Gasteiger partial charge on any atom is 0.141 e. The first kappa shape index (κ1) is 8.16. The highest BCUT2D eigenvalue weighted by molar-refractivity contribution is 7.13. The molecule has 0 spiro atoms. The third-order valence-electron chi connectivity index (χ3n) is 1.17. The smallest absolute Gasteiger partial charge is 0.141 e. The van der Waals surface area contributed by atoms with Crippen molar-refractivity contribution < 1.29 is 10.3 Å². The second-order valence-corrected chi connectivity index (χ2v) is 3.09. The van der Waals surface area contributed by atoms with Crippen LogP contribution in [-0.4, -0.2) is 21.0 Å². The Morgan fingerprint density at radius 3 is 3.00 bits per heavy atom. The average Bonchev–Trinajstić information content (AvgIpc) is 2.50. The predicted molar refractivity (Wildman–Crippen MR) is 42.0 cm³/mol. The normalized spacial score (nSPS) is 12.0. The van der Waals surface area contributed by atoms with Crippen LogP contribution >= 0.6 is 11.3 Å². The lowest BCUT2D eigenvalue weighted by atomic mass is 10.5. The summed E-state index contributed by atoms with van der Waals surface area (Å²) in [6, 6.07) is 0. The topological polar surface area (TPSA) is 65.7 Å². The maximum absolute atomic E-state index is 8.67. The highest BCUT2D eigenvalue weighted by Crippen LogP contribution is 2.12. The third-order valence-corrected chi connectivity index (χ3v) is 2.26. The number of aliphatic hydroxyl groups is 1. The summed E-state index contributed by atoms with van der Waals surface area (Å²) in [6.45, 7) is 1.64. The summed E-state index contributed by atoms with van der Waals surface area (Å²) < 4.78 is 0. The Hall–Kier alpha value is -0.940. The minimum Gasteiger partial charge on any atom is -0.411 e. The first-order chi connectivity index (χ1) is 5.27. The Morgan fingerprint density at radius 1 is 1.82 bits per heavy atom. The van der Waals surface area contributed by atoms with Gasteiger partial charge < -0.3 is 10.3 Å². The van der Waals surface area contributed by atoms with Gasteiger partial charge in [-0.3, -0.25) is 0 Å². The molecular formula is C6H8N2O2S. The van der Waals surface area contributed by atoms with Gasteiger partial charge >= 0.3 is 0 Å². The fourth-order valence-corrected chi connectivity index (χ4v) is 1.30. The average molecular weight is 172 g/mol. The Labute approximate surface area is 67.8 Å². The van der Waals surface area contributed by atoms with Crippen LogP contribution in [0.15, 0.2) is 11.4 Å². The van der Waals surface area contributed by atoms with Gasteiger partial charge in [0.1, 0.15) is 10.7 Å². The highest BCUT2D eigenvalue weighted by atomic mass is 32.1. The van der Waals surface area contributed by atoms with E-state index >= 15 is 0 Å². The van der Waals surface area contributed by atoms with Gasteiger partial charge in [0, 0.05) is 6.20 Å². The van der Waals surface area contributed by atoms with E-state index in [1.807, 2.05) is 0 Å². The van der Waals surface area contributed by atoms with Gasteiger partial charge in [0.05, 0.1) is 11.5 Å². The zero-order chi connectivity index (χ0) is 8.27. The molecule has 0 aromatic carbocycles. The molecule has 1 aromatic rings. The number of oxime groups is 1. The van der Waals surface area contributed by atoms with Gasteiger partial charge in [-0.05, 0) is 6.92 Å². The molecule has 0 saturated heterocycles. The SMILES string of the molecule is C/C(=N\O)c1ncc(CO)s1. The molecule has 1 aromatic heterocycles. The standard InChI is InChI=1S/C6H8N2O2S/c1-4(8-10)6-7-2-5(3-9)11-6/h2,9-10H,3H2,1H3/b8-4+. The lowest BCUT2D eigenvalue weighted by Crippen LogP contribution is -1.91. The second kappa shape index (κ2) is 3.45. The first-order valence-corrected chi connectivity index (χ1v) is 3.84. The van der Waals surface area contributed by atoms with Crippen molar-refractivity contribution in [1.82, 2.24) is 4.98 Å². The van der Waals surface area contributed by atoms with E-state index in [0.29, 0.717) is 10.7 Å². The van der Waals surface area contributed by atoms with E-state index in [1.54, 1.807) is 13.1 Å². The van der Waals surface area contributed by atoms with Crippen LogP contribution in [0.25, 0.3) is 0 Å². The molecule has 0 amide bonds. The van der Waals surface area contributed by atoms with Gasteiger partial charge in [0.2, 0.25) is 0 Å². The van der Waals surface area contributed by atoms with Gasteiger partial charge in [-0.15, -0.1) is 11.3 Å². The van der Waals surface area contributed by atoms with Crippen molar-refractivity contribution in [2.24, 2.45) is 5.16 Å². The molecule has 1 rings (SSSR count). The minimum atomic E-state index is -0.0175. The quantitative estimate of drug-likeness (QED) is 0.394. The molecule has 0 aliphatic rings. The van der Waals surface area contributed by atoms with Crippen LogP contribution in [0.3, 0.4) is 0 Å². The van der Waals surface area contributed by atoms with E-state index in [2.05, 4.69) is 10.1 Å². The summed E-state index contributed by atoms with van der Waals surface area (Å²) in [5.41, 5.74) is 0.467. The number of aliphatic hydroxyl groups excluding tert-OH is 1.